The number of aromatic nitrogens is 3. The van der Waals surface area contributed by atoms with Crippen molar-refractivity contribution < 1.29 is 4.52 Å². The van der Waals surface area contributed by atoms with Gasteiger partial charge in [0.2, 0.25) is 5.69 Å². The lowest BCUT2D eigenvalue weighted by atomic mass is 10.2. The minimum absolute atomic E-state index is 0.841. The van der Waals surface area contributed by atoms with Gasteiger partial charge in [-0.3, -0.25) is 0 Å². The minimum Gasteiger partial charge on any atom is -0.102 e. The molecule has 0 bridgehead atoms. The van der Waals surface area contributed by atoms with Crippen molar-refractivity contribution in [3.05, 3.63) is 59.3 Å². The Balaban J connectivity index is 2.14. The summed E-state index contributed by atoms with van der Waals surface area (Å²) in [5.74, 6) is 0. The van der Waals surface area contributed by atoms with Crippen LogP contribution in [0.25, 0.3) is 16.9 Å². The van der Waals surface area contributed by atoms with E-state index in [0.29, 0.717) is 0 Å². The molecular formula is C13H9BrN3+. The highest BCUT2D eigenvalue weighted by Gasteiger charge is 2.09. The maximum atomic E-state index is 4.56. The molecule has 0 amide bonds. The predicted molar refractivity (Wildman–Crippen MR) is 68.3 cm³/mol. The molecule has 1 aromatic carbocycles. The topological polar surface area (TPSA) is 29.9 Å². The summed E-state index contributed by atoms with van der Waals surface area (Å²) in [5.41, 5.74) is 2.78. The highest BCUT2D eigenvalue weighted by Crippen LogP contribution is 2.18. The first-order valence-corrected chi connectivity index (χ1v) is 6.02. The Kier molecular flexibility index (Phi) is 2.57. The van der Waals surface area contributed by atoms with Gasteiger partial charge in [0.15, 0.2) is 0 Å². The van der Waals surface area contributed by atoms with E-state index in [9.17, 15) is 0 Å². The molecule has 82 valence electrons. The number of benzene rings is 1. The van der Waals surface area contributed by atoms with Gasteiger partial charge in [-0.2, -0.15) is 0 Å². The van der Waals surface area contributed by atoms with Gasteiger partial charge in [-0.15, -0.1) is 4.52 Å². The van der Waals surface area contributed by atoms with Gasteiger partial charge in [-0.25, -0.2) is 0 Å². The van der Waals surface area contributed by atoms with Crippen molar-refractivity contribution >= 4 is 21.6 Å². The molecule has 0 radical (unpaired) electrons. The Morgan fingerprint density at radius 3 is 2.65 bits per heavy atom. The molecule has 3 rings (SSSR count). The third-order valence-corrected chi connectivity index (χ3v) is 3.03. The number of nitrogens with zero attached hydrogens (tertiary/aromatic N) is 3. The first-order valence-electron chi connectivity index (χ1n) is 5.22. The highest BCUT2D eigenvalue weighted by atomic mass is 79.9. The van der Waals surface area contributed by atoms with Gasteiger partial charge in [-0.05, 0) is 35.3 Å². The van der Waals surface area contributed by atoms with Gasteiger partial charge in [0.1, 0.15) is 12.4 Å². The van der Waals surface area contributed by atoms with Crippen LogP contribution < -0.4 is 4.52 Å². The largest absolute Gasteiger partial charge is 0.348 e. The van der Waals surface area contributed by atoms with Crippen LogP contribution in [0, 0.1) is 0 Å². The smallest absolute Gasteiger partial charge is 0.102 e. The monoisotopic (exact) mass is 286 g/mol. The summed E-state index contributed by atoms with van der Waals surface area (Å²) < 4.78 is 2.81. The summed E-state index contributed by atoms with van der Waals surface area (Å²) in [6.07, 6.45) is 3.66. The molecule has 17 heavy (non-hydrogen) atoms. The van der Waals surface area contributed by atoms with Crippen molar-refractivity contribution in [3.8, 4) is 11.3 Å². The van der Waals surface area contributed by atoms with E-state index in [4.69, 9.17) is 0 Å². The Morgan fingerprint density at radius 2 is 1.82 bits per heavy atom. The molecule has 0 aliphatic rings. The van der Waals surface area contributed by atoms with Gasteiger partial charge in [-0.1, -0.05) is 27.1 Å². The van der Waals surface area contributed by atoms with E-state index in [0.717, 1.165) is 21.4 Å². The summed E-state index contributed by atoms with van der Waals surface area (Å²) in [5, 5.41) is 4.32. The number of fused-ring (bicyclic) bond motifs is 1. The second kappa shape index (κ2) is 4.22. The van der Waals surface area contributed by atoms with Crippen LogP contribution in [0.2, 0.25) is 0 Å². The second-order valence-corrected chi connectivity index (χ2v) is 4.57. The molecule has 0 spiro atoms. The van der Waals surface area contributed by atoms with E-state index < -0.39 is 0 Å². The fourth-order valence-corrected chi connectivity index (χ4v) is 1.90. The fourth-order valence-electron chi connectivity index (χ4n) is 1.64. The number of pyridine rings is 1. The standard InChI is InChI=1S/C13H9BrN3/c14-11-6-4-10(5-7-11)12-9-15-17-8-2-1-3-13(17)16-12/h1-9H/q+1. The van der Waals surface area contributed by atoms with E-state index in [-0.39, 0.29) is 0 Å². The number of hydrogen-bond acceptors (Lipinski definition) is 2. The lowest BCUT2D eigenvalue weighted by molar-refractivity contribution is -0.583. The Bertz CT molecular complexity index is 665. The van der Waals surface area contributed by atoms with Crippen LogP contribution in [0.5, 0.6) is 0 Å². The van der Waals surface area contributed by atoms with E-state index in [1.807, 2.05) is 48.7 Å². The van der Waals surface area contributed by atoms with E-state index in [2.05, 4.69) is 26.0 Å². The minimum atomic E-state index is 0.841. The zero-order valence-electron chi connectivity index (χ0n) is 8.92. The highest BCUT2D eigenvalue weighted by molar-refractivity contribution is 9.10. The third kappa shape index (κ3) is 2.03. The number of rotatable bonds is 1. The summed E-state index contributed by atoms with van der Waals surface area (Å²) >= 11 is 3.42. The Morgan fingerprint density at radius 1 is 1.00 bits per heavy atom. The fraction of sp³-hybridized carbons (Fsp3) is 0. The van der Waals surface area contributed by atoms with Gasteiger partial charge in [0.25, 0.3) is 0 Å². The molecule has 0 saturated carbocycles. The van der Waals surface area contributed by atoms with Crippen molar-refractivity contribution in [2.75, 3.05) is 0 Å². The van der Waals surface area contributed by atoms with Gasteiger partial charge >= 0.3 is 5.65 Å². The third-order valence-electron chi connectivity index (χ3n) is 2.50. The molecule has 2 heterocycles. The summed E-state index contributed by atoms with van der Waals surface area (Å²) in [4.78, 5) is 4.56. The van der Waals surface area contributed by atoms with Gasteiger partial charge in [0, 0.05) is 16.1 Å². The Labute approximate surface area is 107 Å². The van der Waals surface area contributed by atoms with E-state index in [1.54, 1.807) is 10.7 Å². The molecule has 0 aliphatic carbocycles. The van der Waals surface area contributed by atoms with Gasteiger partial charge < -0.3 is 0 Å². The van der Waals surface area contributed by atoms with Gasteiger partial charge in [0.05, 0.1) is 0 Å². The van der Waals surface area contributed by atoms with Crippen molar-refractivity contribution in [2.24, 2.45) is 0 Å². The van der Waals surface area contributed by atoms with Crippen LogP contribution in [0.4, 0.5) is 0 Å². The molecule has 3 aromatic rings. The van der Waals surface area contributed by atoms with E-state index in [1.165, 1.54) is 0 Å². The van der Waals surface area contributed by atoms with Crippen molar-refractivity contribution in [2.45, 2.75) is 0 Å². The Hall–Kier alpha value is -1.81. The summed E-state index contributed by atoms with van der Waals surface area (Å²) in [6, 6.07) is 13.9. The van der Waals surface area contributed by atoms with E-state index >= 15 is 0 Å². The normalized spacial score (nSPS) is 10.6. The van der Waals surface area contributed by atoms with Crippen molar-refractivity contribution in [3.63, 3.8) is 0 Å². The van der Waals surface area contributed by atoms with Crippen LogP contribution in [0.1, 0.15) is 0 Å². The molecule has 0 unspecified atom stereocenters. The second-order valence-electron chi connectivity index (χ2n) is 3.65. The maximum Gasteiger partial charge on any atom is 0.348 e. The van der Waals surface area contributed by atoms with Crippen molar-refractivity contribution in [1.82, 2.24) is 10.1 Å². The van der Waals surface area contributed by atoms with Crippen LogP contribution in [0.15, 0.2) is 59.3 Å². The first kappa shape index (κ1) is 10.4. The first-order chi connectivity index (χ1) is 8.33. The van der Waals surface area contributed by atoms with Crippen LogP contribution in [-0.4, -0.2) is 10.1 Å². The average molecular weight is 287 g/mol. The molecule has 0 fully saturated rings. The zero-order chi connectivity index (χ0) is 11.7. The molecule has 0 aliphatic heterocycles. The quantitative estimate of drug-likeness (QED) is 0.644. The molecule has 0 saturated heterocycles. The molecule has 2 aromatic heterocycles. The molecule has 0 N–H and O–H groups in total. The van der Waals surface area contributed by atoms with Crippen LogP contribution in [0.3, 0.4) is 0 Å². The summed E-state index contributed by atoms with van der Waals surface area (Å²) in [7, 11) is 0. The number of hydrogen-bond donors (Lipinski definition) is 0. The van der Waals surface area contributed by atoms with Crippen LogP contribution in [-0.2, 0) is 0 Å². The number of halogens is 1. The molecule has 0 atom stereocenters. The van der Waals surface area contributed by atoms with Crippen molar-refractivity contribution in [1.29, 1.82) is 0 Å². The SMILES string of the molecule is Brc1ccc(-c2cn[n+]3ccccc3n2)cc1. The average Bonchev–Trinajstić information content (AvgIpc) is 2.39. The molecular weight excluding hydrogens is 278 g/mol. The summed E-state index contributed by atoms with van der Waals surface area (Å²) in [6.45, 7) is 0. The lowest BCUT2D eigenvalue weighted by Crippen LogP contribution is -2.26. The lowest BCUT2D eigenvalue weighted by Gasteiger charge is -1.96. The maximum absolute atomic E-state index is 4.56. The molecule has 3 nitrogen and oxygen atoms in total. The molecule has 4 heteroatoms. The zero-order valence-corrected chi connectivity index (χ0v) is 10.5. The van der Waals surface area contributed by atoms with Crippen LogP contribution >= 0.6 is 15.9 Å². The predicted octanol–water partition coefficient (Wildman–Crippen LogP) is 2.64.